The molecule has 26 heavy (non-hydrogen) atoms. The second-order valence-electron chi connectivity index (χ2n) is 5.37. The minimum atomic E-state index is -0.478. The Morgan fingerprint density at radius 2 is 1.96 bits per heavy atom. The van der Waals surface area contributed by atoms with Gasteiger partial charge in [-0.15, -0.1) is 0 Å². The molecule has 0 saturated heterocycles. The van der Waals surface area contributed by atoms with Crippen molar-refractivity contribution in [2.45, 2.75) is 6.92 Å². The molecule has 3 rings (SSSR count). The maximum atomic E-state index is 12.2. The van der Waals surface area contributed by atoms with E-state index in [1.807, 2.05) is 0 Å². The lowest BCUT2D eigenvalue weighted by molar-refractivity contribution is 0.0527. The average molecular weight is 392 g/mol. The molecule has 0 atom stereocenters. The van der Waals surface area contributed by atoms with Gasteiger partial charge in [-0.1, -0.05) is 23.2 Å². The number of phenolic OH excluding ortho intramolecular Hbond substituents is 1. The van der Waals surface area contributed by atoms with E-state index >= 15 is 0 Å². The van der Waals surface area contributed by atoms with Crippen LogP contribution in [0.15, 0.2) is 30.5 Å². The summed E-state index contributed by atoms with van der Waals surface area (Å²) >= 11 is 12.0. The highest BCUT2D eigenvalue weighted by Crippen LogP contribution is 2.36. The van der Waals surface area contributed by atoms with E-state index in [-0.39, 0.29) is 22.4 Å². The Balaban J connectivity index is 2.20. The number of fused-ring (bicyclic) bond motifs is 1. The van der Waals surface area contributed by atoms with Crippen molar-refractivity contribution in [2.24, 2.45) is 0 Å². The van der Waals surface area contributed by atoms with Crippen LogP contribution in [-0.4, -0.2) is 34.7 Å². The van der Waals surface area contributed by atoms with Crippen molar-refractivity contribution in [3.63, 3.8) is 0 Å². The lowest BCUT2D eigenvalue weighted by Gasteiger charge is -2.12. The van der Waals surface area contributed by atoms with E-state index in [4.69, 9.17) is 27.9 Å². The minimum Gasteiger partial charge on any atom is -0.505 e. The number of benzene rings is 1. The van der Waals surface area contributed by atoms with Gasteiger partial charge in [0.15, 0.2) is 5.75 Å². The molecule has 2 N–H and O–H groups in total. The normalized spacial score (nSPS) is 10.8. The number of hydrogen-bond donors (Lipinski definition) is 2. The van der Waals surface area contributed by atoms with Gasteiger partial charge in [0, 0.05) is 18.8 Å². The SMILES string of the molecule is CCOC(=O)c1cnc2ccc(-c3cc(Cl)c(O)c(Cl)c3)nc2c1NC. The van der Waals surface area contributed by atoms with E-state index in [9.17, 15) is 9.90 Å². The second kappa shape index (κ2) is 7.35. The first-order valence-electron chi connectivity index (χ1n) is 7.79. The number of ether oxygens (including phenoxy) is 1. The highest BCUT2D eigenvalue weighted by molar-refractivity contribution is 6.37. The summed E-state index contributed by atoms with van der Waals surface area (Å²) < 4.78 is 5.07. The molecule has 0 amide bonds. The van der Waals surface area contributed by atoms with Crippen LogP contribution >= 0.6 is 23.2 Å². The first-order chi connectivity index (χ1) is 12.5. The van der Waals surface area contributed by atoms with Crippen LogP contribution in [0.1, 0.15) is 17.3 Å². The third kappa shape index (κ3) is 3.25. The fraction of sp³-hybridized carbons (Fsp3) is 0.167. The van der Waals surface area contributed by atoms with Crippen LogP contribution in [0, 0.1) is 0 Å². The Morgan fingerprint density at radius 1 is 1.27 bits per heavy atom. The molecule has 0 aliphatic carbocycles. The number of nitrogens with zero attached hydrogens (tertiary/aromatic N) is 2. The van der Waals surface area contributed by atoms with E-state index < -0.39 is 5.97 Å². The predicted molar refractivity (Wildman–Crippen MR) is 102 cm³/mol. The van der Waals surface area contributed by atoms with Crippen LogP contribution in [0.25, 0.3) is 22.3 Å². The number of carbonyl (C=O) groups excluding carboxylic acids is 1. The molecule has 8 heteroatoms. The summed E-state index contributed by atoms with van der Waals surface area (Å²) in [6.45, 7) is 2.00. The quantitative estimate of drug-likeness (QED) is 0.635. The van der Waals surface area contributed by atoms with Crippen LogP contribution in [0.2, 0.25) is 10.0 Å². The van der Waals surface area contributed by atoms with Crippen molar-refractivity contribution >= 4 is 45.9 Å². The summed E-state index contributed by atoms with van der Waals surface area (Å²) in [6.07, 6.45) is 1.46. The highest BCUT2D eigenvalue weighted by Gasteiger charge is 2.18. The van der Waals surface area contributed by atoms with Gasteiger partial charge in [-0.2, -0.15) is 0 Å². The van der Waals surface area contributed by atoms with Gasteiger partial charge in [-0.05, 0) is 31.2 Å². The molecular formula is C18H15Cl2N3O3. The average Bonchev–Trinajstić information content (AvgIpc) is 2.64. The molecule has 134 valence electrons. The highest BCUT2D eigenvalue weighted by atomic mass is 35.5. The maximum Gasteiger partial charge on any atom is 0.341 e. The number of rotatable bonds is 4. The standard InChI is InChI=1S/C18H15Cl2N3O3/c1-3-26-18(25)10-8-22-14-5-4-13(23-16(14)15(10)21-2)9-6-11(19)17(24)12(20)7-9/h4-8,24H,3H2,1-2H3,(H,21,22). The van der Waals surface area contributed by atoms with E-state index in [1.54, 1.807) is 38.2 Å². The molecule has 6 nitrogen and oxygen atoms in total. The number of anilines is 1. The molecule has 0 aliphatic rings. The fourth-order valence-corrected chi connectivity index (χ4v) is 3.04. The fourth-order valence-electron chi connectivity index (χ4n) is 2.56. The largest absolute Gasteiger partial charge is 0.505 e. The molecule has 0 radical (unpaired) electrons. The van der Waals surface area contributed by atoms with Gasteiger partial charge in [-0.25, -0.2) is 9.78 Å². The lowest BCUT2D eigenvalue weighted by atomic mass is 10.1. The van der Waals surface area contributed by atoms with Gasteiger partial charge >= 0.3 is 5.97 Å². The van der Waals surface area contributed by atoms with E-state index in [0.717, 1.165) is 0 Å². The predicted octanol–water partition coefficient (Wildman–Crippen LogP) is 4.53. The molecular weight excluding hydrogens is 377 g/mol. The van der Waals surface area contributed by atoms with Crippen molar-refractivity contribution in [1.82, 2.24) is 9.97 Å². The molecule has 0 saturated carbocycles. The number of nitrogens with one attached hydrogen (secondary N) is 1. The number of aromatic nitrogens is 2. The van der Waals surface area contributed by atoms with E-state index in [2.05, 4.69) is 15.3 Å². The molecule has 1 aromatic carbocycles. The first kappa shape index (κ1) is 18.2. The van der Waals surface area contributed by atoms with Crippen LogP contribution in [0.3, 0.4) is 0 Å². The van der Waals surface area contributed by atoms with Gasteiger partial charge in [-0.3, -0.25) is 4.98 Å². The van der Waals surface area contributed by atoms with Crippen molar-refractivity contribution in [2.75, 3.05) is 19.0 Å². The maximum absolute atomic E-state index is 12.2. The number of halogens is 2. The summed E-state index contributed by atoms with van der Waals surface area (Å²) in [5, 5.41) is 13.0. The minimum absolute atomic E-state index is 0.127. The van der Waals surface area contributed by atoms with E-state index in [0.29, 0.717) is 33.5 Å². The molecule has 0 spiro atoms. The summed E-state index contributed by atoms with van der Waals surface area (Å²) in [6, 6.07) is 6.68. The van der Waals surface area contributed by atoms with Crippen molar-refractivity contribution in [1.29, 1.82) is 0 Å². The number of hydrogen-bond acceptors (Lipinski definition) is 6. The van der Waals surface area contributed by atoms with Gasteiger partial charge < -0.3 is 15.2 Å². The van der Waals surface area contributed by atoms with Crippen LogP contribution < -0.4 is 5.32 Å². The molecule has 0 unspecified atom stereocenters. The van der Waals surface area contributed by atoms with Gasteiger partial charge in [0.25, 0.3) is 0 Å². The van der Waals surface area contributed by atoms with Crippen molar-refractivity contribution in [3.05, 3.63) is 46.1 Å². The Kier molecular flexibility index (Phi) is 5.15. The van der Waals surface area contributed by atoms with Crippen molar-refractivity contribution in [3.8, 4) is 17.0 Å². The zero-order valence-corrected chi connectivity index (χ0v) is 15.5. The number of pyridine rings is 2. The molecule has 2 heterocycles. The Hall–Kier alpha value is -2.57. The third-order valence-corrected chi connectivity index (χ3v) is 4.35. The van der Waals surface area contributed by atoms with Gasteiger partial charge in [0.1, 0.15) is 11.1 Å². The van der Waals surface area contributed by atoms with Crippen LogP contribution in [0.4, 0.5) is 5.69 Å². The summed E-state index contributed by atoms with van der Waals surface area (Å²) in [5.41, 5.74) is 3.14. The molecule has 0 aliphatic heterocycles. The summed E-state index contributed by atoms with van der Waals surface area (Å²) in [5.74, 6) is -0.658. The Morgan fingerprint density at radius 3 is 2.58 bits per heavy atom. The number of phenols is 1. The first-order valence-corrected chi connectivity index (χ1v) is 8.54. The smallest absolute Gasteiger partial charge is 0.341 e. The molecule has 3 aromatic rings. The van der Waals surface area contributed by atoms with E-state index in [1.165, 1.54) is 6.20 Å². The van der Waals surface area contributed by atoms with Gasteiger partial charge in [0.05, 0.1) is 33.6 Å². The zero-order valence-electron chi connectivity index (χ0n) is 14.0. The summed E-state index contributed by atoms with van der Waals surface area (Å²) in [4.78, 5) is 21.0. The zero-order chi connectivity index (χ0) is 18.8. The molecule has 0 bridgehead atoms. The molecule has 2 aromatic heterocycles. The van der Waals surface area contributed by atoms with Gasteiger partial charge in [0.2, 0.25) is 0 Å². The Bertz CT molecular complexity index is 985. The van der Waals surface area contributed by atoms with Crippen LogP contribution in [0.5, 0.6) is 5.75 Å². The third-order valence-electron chi connectivity index (χ3n) is 3.77. The summed E-state index contributed by atoms with van der Waals surface area (Å²) in [7, 11) is 1.69. The number of carbonyl (C=O) groups is 1. The second-order valence-corrected chi connectivity index (χ2v) is 6.18. The monoisotopic (exact) mass is 391 g/mol. The van der Waals surface area contributed by atoms with Crippen molar-refractivity contribution < 1.29 is 14.6 Å². The van der Waals surface area contributed by atoms with Crippen LogP contribution in [-0.2, 0) is 4.74 Å². The lowest BCUT2D eigenvalue weighted by Crippen LogP contribution is -2.09. The topological polar surface area (TPSA) is 84.3 Å². The number of aromatic hydroxyl groups is 1. The Labute approximate surface area is 159 Å². The number of esters is 1. The molecule has 0 fully saturated rings.